The zero-order valence-electron chi connectivity index (χ0n) is 28.7. The molecule has 12 nitrogen and oxygen atoms in total. The first kappa shape index (κ1) is 40.0. The van der Waals surface area contributed by atoms with Gasteiger partial charge in [0.1, 0.15) is 11.5 Å². The topological polar surface area (TPSA) is 164 Å². The molecule has 3 aromatic rings. The highest BCUT2D eigenvalue weighted by molar-refractivity contribution is 5.98. The van der Waals surface area contributed by atoms with Crippen molar-refractivity contribution in [3.8, 4) is 33.8 Å². The van der Waals surface area contributed by atoms with Crippen LogP contribution in [0.5, 0.6) is 11.5 Å². The summed E-state index contributed by atoms with van der Waals surface area (Å²) in [6, 6.07) is 15.1. The molecule has 2 N–H and O–H groups in total. The number of rotatable bonds is 24. The van der Waals surface area contributed by atoms with Crippen LogP contribution < -0.4 is 9.47 Å². The highest BCUT2D eigenvalue weighted by Crippen LogP contribution is 2.35. The molecular formula is C39H44O12. The van der Waals surface area contributed by atoms with E-state index >= 15 is 0 Å². The standard InChI is InChI=1S/C39H44O12/c1-4-36(40)50-48-22-12-8-6-10-20-46-29-15-18-32(38(42)43)34(25-29)28-14-17-31(27(3)24-28)35-26-30(16-19-33(35)39(44)45)47-21-11-7-9-13-23-49-51-37(41)5-2/h4-5,14-19,24-26H,1-2,6-13,20-23H2,3H3,(H,42,43)(H,44,45). The fraction of sp³-hybridized carbons (Fsp3) is 0.333. The van der Waals surface area contributed by atoms with Crippen molar-refractivity contribution in [2.24, 2.45) is 0 Å². The maximum atomic E-state index is 12.2. The maximum Gasteiger partial charge on any atom is 0.365 e. The molecule has 12 heteroatoms. The summed E-state index contributed by atoms with van der Waals surface area (Å²) >= 11 is 0. The summed E-state index contributed by atoms with van der Waals surface area (Å²) in [7, 11) is 0. The van der Waals surface area contributed by atoms with Gasteiger partial charge in [-0.2, -0.15) is 9.78 Å². The second kappa shape index (κ2) is 21.6. The Hall–Kier alpha value is -5.46. The molecule has 0 heterocycles. The molecular weight excluding hydrogens is 660 g/mol. The Morgan fingerprint density at radius 2 is 1.02 bits per heavy atom. The quantitative estimate of drug-likeness (QED) is 0.0401. The molecule has 3 aromatic carbocycles. The Morgan fingerprint density at radius 3 is 1.47 bits per heavy atom. The van der Waals surface area contributed by atoms with E-state index in [4.69, 9.17) is 19.2 Å². The first-order valence-electron chi connectivity index (χ1n) is 16.7. The maximum absolute atomic E-state index is 12.2. The number of benzene rings is 3. The van der Waals surface area contributed by atoms with E-state index in [-0.39, 0.29) is 24.3 Å². The summed E-state index contributed by atoms with van der Waals surface area (Å²) in [5.41, 5.74) is 3.24. The fourth-order valence-corrected chi connectivity index (χ4v) is 5.08. The van der Waals surface area contributed by atoms with Gasteiger partial charge in [0, 0.05) is 17.7 Å². The smallest absolute Gasteiger partial charge is 0.365 e. The molecule has 0 bridgehead atoms. The van der Waals surface area contributed by atoms with Crippen molar-refractivity contribution in [3.05, 3.63) is 96.6 Å². The Morgan fingerprint density at radius 1 is 0.569 bits per heavy atom. The molecule has 0 saturated carbocycles. The molecule has 3 rings (SSSR count). The van der Waals surface area contributed by atoms with Gasteiger partial charge in [-0.05, 0) is 104 Å². The van der Waals surface area contributed by atoms with E-state index < -0.39 is 23.9 Å². The van der Waals surface area contributed by atoms with E-state index in [2.05, 4.69) is 22.9 Å². The number of ether oxygens (including phenoxy) is 2. The minimum Gasteiger partial charge on any atom is -0.494 e. The molecule has 0 aliphatic heterocycles. The summed E-state index contributed by atoms with van der Waals surface area (Å²) in [6.07, 6.45) is 8.39. The van der Waals surface area contributed by atoms with Crippen molar-refractivity contribution in [1.29, 1.82) is 0 Å². The lowest BCUT2D eigenvalue weighted by atomic mass is 9.91. The molecule has 0 aromatic heterocycles. The van der Waals surface area contributed by atoms with Gasteiger partial charge in [-0.1, -0.05) is 44.2 Å². The van der Waals surface area contributed by atoms with Gasteiger partial charge in [-0.3, -0.25) is 9.78 Å². The van der Waals surface area contributed by atoms with E-state index in [1.165, 1.54) is 12.1 Å². The van der Waals surface area contributed by atoms with Gasteiger partial charge in [0.05, 0.1) is 37.6 Å². The summed E-state index contributed by atoms with van der Waals surface area (Å²) in [5.74, 6) is -2.39. The Bertz CT molecular complexity index is 1660. The summed E-state index contributed by atoms with van der Waals surface area (Å²) in [4.78, 5) is 64.8. The van der Waals surface area contributed by atoms with Crippen LogP contribution in [-0.2, 0) is 29.1 Å². The first-order valence-corrected chi connectivity index (χ1v) is 16.7. The van der Waals surface area contributed by atoms with Crippen LogP contribution in [0.25, 0.3) is 22.3 Å². The molecule has 51 heavy (non-hydrogen) atoms. The lowest BCUT2D eigenvalue weighted by Crippen LogP contribution is -2.04. The van der Waals surface area contributed by atoms with Crippen molar-refractivity contribution in [3.63, 3.8) is 0 Å². The molecule has 0 spiro atoms. The molecule has 0 unspecified atom stereocenters. The molecule has 0 aliphatic carbocycles. The normalized spacial score (nSPS) is 10.6. The molecule has 0 aliphatic rings. The number of carboxylic acids is 2. The third kappa shape index (κ3) is 13.4. The number of hydrogen-bond acceptors (Lipinski definition) is 10. The number of aryl methyl sites for hydroxylation is 1. The lowest BCUT2D eigenvalue weighted by molar-refractivity contribution is -0.267. The second-order valence-electron chi connectivity index (χ2n) is 11.4. The summed E-state index contributed by atoms with van der Waals surface area (Å²) < 4.78 is 11.9. The zero-order valence-corrected chi connectivity index (χ0v) is 28.7. The van der Waals surface area contributed by atoms with E-state index in [0.29, 0.717) is 59.8 Å². The van der Waals surface area contributed by atoms with Crippen molar-refractivity contribution in [2.75, 3.05) is 26.4 Å². The number of carbonyl (C=O) groups excluding carboxylic acids is 2. The van der Waals surface area contributed by atoms with Gasteiger partial charge in [0.25, 0.3) is 0 Å². The van der Waals surface area contributed by atoms with Gasteiger partial charge in [0.2, 0.25) is 0 Å². The fourth-order valence-electron chi connectivity index (χ4n) is 5.08. The Kier molecular flexibility index (Phi) is 16.9. The minimum absolute atomic E-state index is 0.108. The van der Waals surface area contributed by atoms with E-state index in [0.717, 1.165) is 56.2 Å². The van der Waals surface area contributed by atoms with Crippen molar-refractivity contribution >= 4 is 23.9 Å². The summed E-state index contributed by atoms with van der Waals surface area (Å²) in [6.45, 7) is 9.85. The first-order chi connectivity index (χ1) is 24.6. The third-order valence-corrected chi connectivity index (χ3v) is 7.67. The van der Waals surface area contributed by atoms with Crippen LogP contribution in [0.3, 0.4) is 0 Å². The number of carbonyl (C=O) groups is 4. The van der Waals surface area contributed by atoms with Crippen molar-refractivity contribution in [1.82, 2.24) is 0 Å². The highest BCUT2D eigenvalue weighted by Gasteiger charge is 2.18. The predicted molar refractivity (Wildman–Crippen MR) is 188 cm³/mol. The van der Waals surface area contributed by atoms with Crippen molar-refractivity contribution < 1.29 is 58.4 Å². The van der Waals surface area contributed by atoms with E-state index in [1.807, 2.05) is 13.0 Å². The van der Waals surface area contributed by atoms with Gasteiger partial charge in [0.15, 0.2) is 0 Å². The van der Waals surface area contributed by atoms with Crippen LogP contribution in [0.15, 0.2) is 79.9 Å². The average molecular weight is 705 g/mol. The SMILES string of the molecule is C=CC(=O)OOCCCCCCOc1ccc(C(=O)O)c(-c2ccc(-c3cc(OCCCCCCOOC(=O)C=C)ccc3C(=O)O)c(C)c2)c1. The van der Waals surface area contributed by atoms with Crippen LogP contribution in [-0.4, -0.2) is 60.5 Å². The monoisotopic (exact) mass is 704 g/mol. The predicted octanol–water partition coefficient (Wildman–Crippen LogP) is 7.93. The van der Waals surface area contributed by atoms with Crippen LogP contribution in [0.4, 0.5) is 0 Å². The largest absolute Gasteiger partial charge is 0.494 e. The molecule has 0 radical (unpaired) electrons. The lowest BCUT2D eigenvalue weighted by Gasteiger charge is -2.15. The number of hydrogen-bond donors (Lipinski definition) is 2. The molecule has 0 fully saturated rings. The number of aromatic carboxylic acids is 2. The molecule has 272 valence electrons. The third-order valence-electron chi connectivity index (χ3n) is 7.67. The Balaban J connectivity index is 1.63. The van der Waals surface area contributed by atoms with Crippen LogP contribution in [0, 0.1) is 6.92 Å². The van der Waals surface area contributed by atoms with Gasteiger partial charge in [-0.25, -0.2) is 19.2 Å². The highest BCUT2D eigenvalue weighted by atomic mass is 17.2. The minimum atomic E-state index is -1.08. The average Bonchev–Trinajstić information content (AvgIpc) is 3.12. The number of carboxylic acid groups (broad SMARTS) is 2. The van der Waals surface area contributed by atoms with Gasteiger partial charge >= 0.3 is 23.9 Å². The Labute approximate surface area is 297 Å². The molecule has 0 atom stereocenters. The van der Waals surface area contributed by atoms with Gasteiger partial charge < -0.3 is 19.7 Å². The van der Waals surface area contributed by atoms with Gasteiger partial charge in [-0.15, -0.1) is 0 Å². The van der Waals surface area contributed by atoms with Crippen LogP contribution >= 0.6 is 0 Å². The van der Waals surface area contributed by atoms with Crippen LogP contribution in [0.1, 0.15) is 77.6 Å². The second-order valence-corrected chi connectivity index (χ2v) is 11.4. The van der Waals surface area contributed by atoms with E-state index in [1.54, 1.807) is 36.4 Å². The number of unbranched alkanes of at least 4 members (excludes halogenated alkanes) is 6. The van der Waals surface area contributed by atoms with E-state index in [9.17, 15) is 29.4 Å². The zero-order chi connectivity index (χ0) is 37.0. The molecule has 0 saturated heterocycles. The van der Waals surface area contributed by atoms with Crippen LogP contribution in [0.2, 0.25) is 0 Å². The van der Waals surface area contributed by atoms with Crippen molar-refractivity contribution in [2.45, 2.75) is 58.3 Å². The molecule has 0 amide bonds. The summed E-state index contributed by atoms with van der Waals surface area (Å²) in [5, 5.41) is 19.9.